The van der Waals surface area contributed by atoms with E-state index in [0.717, 1.165) is 0 Å². The van der Waals surface area contributed by atoms with Crippen molar-refractivity contribution in [3.8, 4) is 0 Å². The van der Waals surface area contributed by atoms with Crippen LogP contribution in [0.4, 0.5) is 5.69 Å². The van der Waals surface area contributed by atoms with Crippen molar-refractivity contribution in [3.63, 3.8) is 0 Å². The molecular formula is C16H16N2O4. The third-order valence-corrected chi connectivity index (χ3v) is 2.91. The van der Waals surface area contributed by atoms with Gasteiger partial charge in [-0.25, -0.2) is 4.79 Å². The summed E-state index contributed by atoms with van der Waals surface area (Å²) in [4.78, 5) is 35.5. The maximum Gasteiger partial charge on any atom is 0.340 e. The molecule has 6 nitrogen and oxygen atoms in total. The highest BCUT2D eigenvalue weighted by atomic mass is 16.5. The van der Waals surface area contributed by atoms with Gasteiger partial charge in [0.05, 0.1) is 17.9 Å². The molecule has 1 heterocycles. The number of nitrogens with zero attached hydrogens (tertiary/aromatic N) is 1. The fourth-order valence-corrected chi connectivity index (χ4v) is 1.91. The molecule has 114 valence electrons. The molecule has 0 aliphatic rings. The summed E-state index contributed by atoms with van der Waals surface area (Å²) in [5, 5.41) is 2.63. The summed E-state index contributed by atoms with van der Waals surface area (Å²) < 4.78 is 6.22. The van der Waals surface area contributed by atoms with Crippen LogP contribution in [0.5, 0.6) is 0 Å². The Hall–Kier alpha value is -2.89. The van der Waals surface area contributed by atoms with Gasteiger partial charge in [-0.1, -0.05) is 18.2 Å². The molecule has 1 aromatic heterocycles. The van der Waals surface area contributed by atoms with Crippen molar-refractivity contribution in [2.75, 3.05) is 11.9 Å². The first kappa shape index (κ1) is 15.5. The fraction of sp³-hybridized carbons (Fsp3) is 0.188. The standard InChI is InChI=1S/C16H16N2O4/c1-2-22-16(21)12-7-3-4-8-13(12)17-14(19)11-18-10-6-5-9-15(18)20/h3-10H,2,11H2,1H3,(H,17,19). The number of benzene rings is 1. The minimum Gasteiger partial charge on any atom is -0.462 e. The fourth-order valence-electron chi connectivity index (χ4n) is 1.91. The van der Waals surface area contributed by atoms with E-state index in [2.05, 4.69) is 5.32 Å². The summed E-state index contributed by atoms with van der Waals surface area (Å²) in [6.07, 6.45) is 1.53. The second kappa shape index (κ2) is 7.21. The highest BCUT2D eigenvalue weighted by molar-refractivity contribution is 6.01. The lowest BCUT2D eigenvalue weighted by Gasteiger charge is -2.11. The van der Waals surface area contributed by atoms with Gasteiger partial charge in [0.1, 0.15) is 6.54 Å². The van der Waals surface area contributed by atoms with E-state index >= 15 is 0 Å². The summed E-state index contributed by atoms with van der Waals surface area (Å²) in [6.45, 7) is 1.83. The number of anilines is 1. The second-order valence-electron chi connectivity index (χ2n) is 4.48. The van der Waals surface area contributed by atoms with Crippen molar-refractivity contribution in [1.82, 2.24) is 4.57 Å². The van der Waals surface area contributed by atoms with E-state index in [1.807, 2.05) is 0 Å². The van der Waals surface area contributed by atoms with Crippen LogP contribution in [0.2, 0.25) is 0 Å². The van der Waals surface area contributed by atoms with Crippen LogP contribution in [0.15, 0.2) is 53.5 Å². The van der Waals surface area contributed by atoms with Gasteiger partial charge in [-0.2, -0.15) is 0 Å². The molecule has 1 N–H and O–H groups in total. The second-order valence-corrected chi connectivity index (χ2v) is 4.48. The third-order valence-electron chi connectivity index (χ3n) is 2.91. The molecule has 0 aliphatic carbocycles. The first-order chi connectivity index (χ1) is 10.6. The highest BCUT2D eigenvalue weighted by Crippen LogP contribution is 2.16. The molecule has 22 heavy (non-hydrogen) atoms. The molecule has 1 amide bonds. The molecule has 1 aromatic carbocycles. The average Bonchev–Trinajstić information content (AvgIpc) is 2.50. The summed E-state index contributed by atoms with van der Waals surface area (Å²) in [6, 6.07) is 11.2. The highest BCUT2D eigenvalue weighted by Gasteiger charge is 2.14. The minimum atomic E-state index is -0.504. The third kappa shape index (κ3) is 3.82. The van der Waals surface area contributed by atoms with Crippen LogP contribution in [0.3, 0.4) is 0 Å². The van der Waals surface area contributed by atoms with Gasteiger partial charge in [0.2, 0.25) is 5.91 Å². The number of rotatable bonds is 5. The molecule has 6 heteroatoms. The normalized spacial score (nSPS) is 10.0. The monoisotopic (exact) mass is 300 g/mol. The number of esters is 1. The zero-order chi connectivity index (χ0) is 15.9. The van der Waals surface area contributed by atoms with E-state index < -0.39 is 11.9 Å². The number of aromatic nitrogens is 1. The van der Waals surface area contributed by atoms with Crippen molar-refractivity contribution in [1.29, 1.82) is 0 Å². The summed E-state index contributed by atoms with van der Waals surface area (Å²) in [5.41, 5.74) is 0.365. The Morgan fingerprint density at radius 3 is 2.59 bits per heavy atom. The van der Waals surface area contributed by atoms with Gasteiger partial charge in [-0.05, 0) is 25.1 Å². The van der Waals surface area contributed by atoms with Crippen molar-refractivity contribution in [2.24, 2.45) is 0 Å². The molecule has 0 unspecified atom stereocenters. The van der Waals surface area contributed by atoms with Crippen molar-refractivity contribution >= 4 is 17.6 Å². The van der Waals surface area contributed by atoms with Crippen LogP contribution in [0.1, 0.15) is 17.3 Å². The first-order valence-electron chi connectivity index (χ1n) is 6.83. The molecule has 0 saturated heterocycles. The molecule has 0 radical (unpaired) electrons. The molecule has 2 rings (SSSR count). The largest absolute Gasteiger partial charge is 0.462 e. The zero-order valence-electron chi connectivity index (χ0n) is 12.1. The molecule has 0 fully saturated rings. The van der Waals surface area contributed by atoms with Crippen LogP contribution < -0.4 is 10.9 Å². The number of hydrogen-bond donors (Lipinski definition) is 1. The first-order valence-corrected chi connectivity index (χ1v) is 6.83. The van der Waals surface area contributed by atoms with Gasteiger partial charge in [0.15, 0.2) is 0 Å². The van der Waals surface area contributed by atoms with E-state index in [9.17, 15) is 14.4 Å². The van der Waals surface area contributed by atoms with Gasteiger partial charge < -0.3 is 14.6 Å². The number of nitrogens with one attached hydrogen (secondary N) is 1. The van der Waals surface area contributed by atoms with Crippen molar-refractivity contribution in [3.05, 3.63) is 64.6 Å². The van der Waals surface area contributed by atoms with Crippen LogP contribution in [0, 0.1) is 0 Å². The number of carbonyl (C=O) groups is 2. The molecule has 0 saturated carbocycles. The van der Waals surface area contributed by atoms with E-state index in [1.54, 1.807) is 43.3 Å². The number of amides is 1. The summed E-state index contributed by atoms with van der Waals surface area (Å²) >= 11 is 0. The predicted molar refractivity (Wildman–Crippen MR) is 81.7 cm³/mol. The maximum atomic E-state index is 12.0. The van der Waals surface area contributed by atoms with Gasteiger partial charge in [-0.3, -0.25) is 9.59 Å². The van der Waals surface area contributed by atoms with E-state index in [0.29, 0.717) is 5.69 Å². The molecule has 0 aliphatic heterocycles. The number of ether oxygens (including phenoxy) is 1. The minimum absolute atomic E-state index is 0.128. The molecule has 2 aromatic rings. The molecule has 0 spiro atoms. The molecular weight excluding hydrogens is 284 g/mol. The quantitative estimate of drug-likeness (QED) is 0.852. The van der Waals surface area contributed by atoms with Crippen LogP contribution in [-0.4, -0.2) is 23.1 Å². The van der Waals surface area contributed by atoms with E-state index in [1.165, 1.54) is 16.8 Å². The summed E-state index contributed by atoms with van der Waals surface area (Å²) in [5.74, 6) is -0.902. The van der Waals surface area contributed by atoms with E-state index in [-0.39, 0.29) is 24.3 Å². The Bertz CT molecular complexity index is 737. The lowest BCUT2D eigenvalue weighted by atomic mass is 10.2. The smallest absolute Gasteiger partial charge is 0.340 e. The topological polar surface area (TPSA) is 77.4 Å². The molecule has 0 bridgehead atoms. The number of pyridine rings is 1. The van der Waals surface area contributed by atoms with Gasteiger partial charge in [0.25, 0.3) is 5.56 Å². The number of para-hydroxylation sites is 1. The van der Waals surface area contributed by atoms with Gasteiger partial charge in [-0.15, -0.1) is 0 Å². The lowest BCUT2D eigenvalue weighted by molar-refractivity contribution is -0.116. The van der Waals surface area contributed by atoms with Gasteiger partial charge in [0, 0.05) is 12.3 Å². The Morgan fingerprint density at radius 1 is 1.14 bits per heavy atom. The van der Waals surface area contributed by atoms with Crippen LogP contribution in [0.25, 0.3) is 0 Å². The number of hydrogen-bond acceptors (Lipinski definition) is 4. The van der Waals surface area contributed by atoms with Crippen molar-refractivity contribution in [2.45, 2.75) is 13.5 Å². The van der Waals surface area contributed by atoms with E-state index in [4.69, 9.17) is 4.74 Å². The Labute approximate surface area is 127 Å². The Kier molecular flexibility index (Phi) is 5.08. The van der Waals surface area contributed by atoms with Crippen molar-refractivity contribution < 1.29 is 14.3 Å². The number of carbonyl (C=O) groups excluding carboxylic acids is 2. The maximum absolute atomic E-state index is 12.0. The lowest BCUT2D eigenvalue weighted by Crippen LogP contribution is -2.27. The Morgan fingerprint density at radius 2 is 1.86 bits per heavy atom. The summed E-state index contributed by atoms with van der Waals surface area (Å²) in [7, 11) is 0. The SMILES string of the molecule is CCOC(=O)c1ccccc1NC(=O)Cn1ccccc1=O. The average molecular weight is 300 g/mol. The van der Waals surface area contributed by atoms with Crippen LogP contribution in [-0.2, 0) is 16.1 Å². The zero-order valence-corrected chi connectivity index (χ0v) is 12.1. The van der Waals surface area contributed by atoms with Crippen LogP contribution >= 0.6 is 0 Å². The van der Waals surface area contributed by atoms with Gasteiger partial charge >= 0.3 is 5.97 Å². The molecule has 0 atom stereocenters. The predicted octanol–water partition coefficient (Wildman–Crippen LogP) is 1.66. The Balaban J connectivity index is 2.14.